The summed E-state index contributed by atoms with van der Waals surface area (Å²) in [5, 5.41) is 5.16. The maximum Gasteiger partial charge on any atom is 0.316 e. The van der Waals surface area contributed by atoms with Crippen molar-refractivity contribution in [3.05, 3.63) is 30.1 Å². The number of halogens is 1. The molecule has 0 fully saturated rings. The van der Waals surface area contributed by atoms with Crippen molar-refractivity contribution in [2.45, 2.75) is 19.9 Å². The van der Waals surface area contributed by atoms with E-state index < -0.39 is 5.97 Å². The van der Waals surface area contributed by atoms with Gasteiger partial charge in [-0.25, -0.2) is 4.39 Å². The molecule has 8 heteroatoms. The molecule has 0 aliphatic heterocycles. The number of ether oxygens (including phenoxy) is 1. The molecule has 1 rings (SSSR count). The van der Waals surface area contributed by atoms with E-state index >= 15 is 0 Å². The van der Waals surface area contributed by atoms with Crippen molar-refractivity contribution < 1.29 is 23.5 Å². The van der Waals surface area contributed by atoms with Crippen molar-refractivity contribution in [1.82, 2.24) is 5.32 Å². The Bertz CT molecular complexity index is 549. The Balaban J connectivity index is 2.17. The minimum Gasteiger partial charge on any atom is -0.455 e. The third kappa shape index (κ3) is 8.82. The number of benzene rings is 1. The Morgan fingerprint density at radius 2 is 1.78 bits per heavy atom. The Morgan fingerprint density at radius 1 is 1.13 bits per heavy atom. The number of nitrogens with one attached hydrogen (secondary N) is 2. The molecule has 23 heavy (non-hydrogen) atoms. The van der Waals surface area contributed by atoms with Crippen LogP contribution in [0.4, 0.5) is 10.1 Å². The first-order valence-corrected chi connectivity index (χ1v) is 8.10. The van der Waals surface area contributed by atoms with Gasteiger partial charge in [-0.2, -0.15) is 0 Å². The molecule has 0 spiro atoms. The number of hydrogen-bond acceptors (Lipinski definition) is 5. The van der Waals surface area contributed by atoms with Gasteiger partial charge in [-0.05, 0) is 38.1 Å². The van der Waals surface area contributed by atoms with Crippen molar-refractivity contribution in [3.63, 3.8) is 0 Å². The third-order valence-corrected chi connectivity index (χ3v) is 3.30. The summed E-state index contributed by atoms with van der Waals surface area (Å²) in [5.41, 5.74) is 0.477. The fraction of sp³-hybridized carbons (Fsp3) is 0.400. The number of carbonyl (C=O) groups is 3. The lowest BCUT2D eigenvalue weighted by Gasteiger charge is -2.08. The summed E-state index contributed by atoms with van der Waals surface area (Å²) in [6, 6.07) is 5.34. The number of thioether (sulfide) groups is 1. The molecule has 1 aromatic carbocycles. The van der Waals surface area contributed by atoms with E-state index in [0.29, 0.717) is 5.69 Å². The minimum absolute atomic E-state index is 0.0225. The SMILES string of the molecule is CC(C)NC(=O)COC(=O)CSCC(=O)Nc1ccc(F)cc1. The lowest BCUT2D eigenvalue weighted by atomic mass is 10.3. The van der Waals surface area contributed by atoms with E-state index in [-0.39, 0.29) is 41.8 Å². The largest absolute Gasteiger partial charge is 0.455 e. The molecular weight excluding hydrogens is 323 g/mol. The molecule has 0 unspecified atom stereocenters. The van der Waals surface area contributed by atoms with E-state index in [4.69, 9.17) is 4.74 Å². The third-order valence-electron chi connectivity index (χ3n) is 2.39. The summed E-state index contributed by atoms with van der Waals surface area (Å²) in [7, 11) is 0. The number of anilines is 1. The topological polar surface area (TPSA) is 84.5 Å². The van der Waals surface area contributed by atoms with Gasteiger partial charge in [0.15, 0.2) is 6.61 Å². The Labute approximate surface area is 138 Å². The molecule has 126 valence electrons. The molecule has 0 heterocycles. The highest BCUT2D eigenvalue weighted by Crippen LogP contribution is 2.09. The van der Waals surface area contributed by atoms with Crippen LogP contribution in [0.5, 0.6) is 0 Å². The van der Waals surface area contributed by atoms with Gasteiger partial charge in [0, 0.05) is 11.7 Å². The first-order valence-electron chi connectivity index (χ1n) is 6.95. The smallest absolute Gasteiger partial charge is 0.316 e. The fourth-order valence-electron chi connectivity index (χ4n) is 1.51. The quantitative estimate of drug-likeness (QED) is 0.701. The molecule has 0 atom stereocenters. The number of rotatable bonds is 8. The highest BCUT2D eigenvalue weighted by molar-refractivity contribution is 8.00. The zero-order chi connectivity index (χ0) is 17.2. The Hall–Kier alpha value is -2.09. The number of amides is 2. The summed E-state index contributed by atoms with van der Waals surface area (Å²) in [6.07, 6.45) is 0. The van der Waals surface area contributed by atoms with E-state index in [9.17, 15) is 18.8 Å². The first-order chi connectivity index (χ1) is 10.9. The molecule has 0 saturated carbocycles. The average molecular weight is 342 g/mol. The maximum atomic E-state index is 12.7. The van der Waals surface area contributed by atoms with E-state index in [1.165, 1.54) is 24.3 Å². The second-order valence-corrected chi connectivity index (χ2v) is 5.92. The van der Waals surface area contributed by atoms with E-state index in [2.05, 4.69) is 10.6 Å². The standard InChI is InChI=1S/C15H19FN2O4S/c1-10(2)17-13(19)7-22-15(21)9-23-8-14(20)18-12-5-3-11(16)4-6-12/h3-6,10H,7-9H2,1-2H3,(H,17,19)(H,18,20). The molecule has 0 bridgehead atoms. The number of hydrogen-bond donors (Lipinski definition) is 2. The normalized spacial score (nSPS) is 10.3. The molecule has 2 N–H and O–H groups in total. The lowest BCUT2D eigenvalue weighted by molar-refractivity contribution is -0.146. The summed E-state index contributed by atoms with van der Waals surface area (Å²) in [4.78, 5) is 34.3. The second-order valence-electron chi connectivity index (χ2n) is 4.93. The highest BCUT2D eigenvalue weighted by atomic mass is 32.2. The van der Waals surface area contributed by atoms with E-state index in [1.807, 2.05) is 0 Å². The van der Waals surface area contributed by atoms with Crippen LogP contribution in [0.3, 0.4) is 0 Å². The van der Waals surface area contributed by atoms with Crippen LogP contribution < -0.4 is 10.6 Å². The van der Waals surface area contributed by atoms with Gasteiger partial charge in [0.1, 0.15) is 5.82 Å². The summed E-state index contributed by atoms with van der Waals surface area (Å²) in [5.74, 6) is -1.62. The van der Waals surface area contributed by atoms with Crippen LogP contribution in [-0.2, 0) is 19.1 Å². The molecular formula is C15H19FN2O4S. The van der Waals surface area contributed by atoms with Crippen molar-refractivity contribution in [3.8, 4) is 0 Å². The van der Waals surface area contributed by atoms with Gasteiger partial charge in [0.2, 0.25) is 5.91 Å². The van der Waals surface area contributed by atoms with Crippen molar-refractivity contribution in [2.24, 2.45) is 0 Å². The van der Waals surface area contributed by atoms with Crippen LogP contribution in [0, 0.1) is 5.82 Å². The molecule has 2 amide bonds. The second kappa shape index (κ2) is 9.83. The van der Waals surface area contributed by atoms with Crippen LogP contribution in [0.2, 0.25) is 0 Å². The van der Waals surface area contributed by atoms with Crippen LogP contribution >= 0.6 is 11.8 Å². The van der Waals surface area contributed by atoms with Gasteiger partial charge in [0.25, 0.3) is 5.91 Å². The molecule has 1 aromatic rings. The Kier molecular flexibility index (Phi) is 8.10. The Morgan fingerprint density at radius 3 is 2.39 bits per heavy atom. The van der Waals surface area contributed by atoms with Crippen molar-refractivity contribution in [1.29, 1.82) is 0 Å². The number of esters is 1. The number of carbonyl (C=O) groups excluding carboxylic acids is 3. The lowest BCUT2D eigenvalue weighted by Crippen LogP contribution is -2.34. The van der Waals surface area contributed by atoms with Gasteiger partial charge in [-0.1, -0.05) is 0 Å². The molecule has 0 aliphatic carbocycles. The van der Waals surface area contributed by atoms with Crippen molar-refractivity contribution in [2.75, 3.05) is 23.4 Å². The van der Waals surface area contributed by atoms with Crippen LogP contribution in [0.15, 0.2) is 24.3 Å². The van der Waals surface area contributed by atoms with Gasteiger partial charge in [-0.15, -0.1) is 11.8 Å². The van der Waals surface area contributed by atoms with Crippen LogP contribution in [0.1, 0.15) is 13.8 Å². The predicted octanol–water partition coefficient (Wildman–Crippen LogP) is 1.57. The van der Waals surface area contributed by atoms with Gasteiger partial charge < -0.3 is 15.4 Å². The van der Waals surface area contributed by atoms with E-state index in [1.54, 1.807) is 13.8 Å². The van der Waals surface area contributed by atoms with Gasteiger partial charge in [0.05, 0.1) is 11.5 Å². The van der Waals surface area contributed by atoms with Gasteiger partial charge in [-0.3, -0.25) is 14.4 Å². The predicted molar refractivity (Wildman–Crippen MR) is 86.6 cm³/mol. The van der Waals surface area contributed by atoms with Crippen LogP contribution in [0.25, 0.3) is 0 Å². The molecule has 0 aromatic heterocycles. The summed E-state index contributed by atoms with van der Waals surface area (Å²) >= 11 is 1.07. The zero-order valence-corrected chi connectivity index (χ0v) is 13.7. The molecule has 0 aliphatic rings. The fourth-order valence-corrected chi connectivity index (χ4v) is 2.12. The summed E-state index contributed by atoms with van der Waals surface area (Å²) in [6.45, 7) is 3.27. The monoisotopic (exact) mass is 342 g/mol. The average Bonchev–Trinajstić information content (AvgIpc) is 2.47. The maximum absolute atomic E-state index is 12.7. The molecule has 0 radical (unpaired) electrons. The van der Waals surface area contributed by atoms with Gasteiger partial charge >= 0.3 is 5.97 Å². The molecule has 6 nitrogen and oxygen atoms in total. The van der Waals surface area contributed by atoms with E-state index in [0.717, 1.165) is 11.8 Å². The highest BCUT2D eigenvalue weighted by Gasteiger charge is 2.10. The van der Waals surface area contributed by atoms with Crippen LogP contribution in [-0.4, -0.2) is 41.9 Å². The first kappa shape index (κ1) is 19.0. The van der Waals surface area contributed by atoms with Crippen molar-refractivity contribution >= 4 is 35.2 Å². The zero-order valence-electron chi connectivity index (χ0n) is 12.9. The summed E-state index contributed by atoms with van der Waals surface area (Å²) < 4.78 is 17.5. The molecule has 0 saturated heterocycles. The minimum atomic E-state index is -0.566.